The second kappa shape index (κ2) is 11.4. The van der Waals surface area contributed by atoms with Crippen LogP contribution in [0.25, 0.3) is 0 Å². The van der Waals surface area contributed by atoms with Crippen LogP contribution < -0.4 is 15.4 Å². The van der Waals surface area contributed by atoms with Gasteiger partial charge in [-0.25, -0.2) is 0 Å². The summed E-state index contributed by atoms with van der Waals surface area (Å²) in [6.45, 7) is 1.14. The molecule has 186 valence electrons. The van der Waals surface area contributed by atoms with Crippen molar-refractivity contribution in [1.29, 1.82) is 0 Å². The van der Waals surface area contributed by atoms with Crippen LogP contribution in [-0.4, -0.2) is 49.4 Å². The maximum atomic E-state index is 13.5. The van der Waals surface area contributed by atoms with E-state index in [0.717, 1.165) is 55.4 Å². The highest BCUT2D eigenvalue weighted by molar-refractivity contribution is 5.94. The lowest BCUT2D eigenvalue weighted by Gasteiger charge is -2.32. The van der Waals surface area contributed by atoms with E-state index < -0.39 is 5.41 Å². The first kappa shape index (κ1) is 24.8. The van der Waals surface area contributed by atoms with E-state index in [1.807, 2.05) is 54.6 Å². The number of carbonyl (C=O) groups is 3. The number of hydrogen-bond acceptors (Lipinski definition) is 4. The van der Waals surface area contributed by atoms with E-state index in [4.69, 9.17) is 4.74 Å². The molecule has 1 unspecified atom stereocenters. The van der Waals surface area contributed by atoms with Crippen molar-refractivity contribution < 1.29 is 19.1 Å². The number of nitrogens with zero attached hydrogens (tertiary/aromatic N) is 1. The third-order valence-electron chi connectivity index (χ3n) is 7.14. The van der Waals surface area contributed by atoms with Crippen LogP contribution >= 0.6 is 0 Å². The van der Waals surface area contributed by atoms with E-state index in [0.29, 0.717) is 13.1 Å². The topological polar surface area (TPSA) is 87.7 Å². The van der Waals surface area contributed by atoms with Gasteiger partial charge in [0.1, 0.15) is 5.75 Å². The molecular formula is C28H35N3O4. The average molecular weight is 478 g/mol. The number of methoxy groups -OCH3 is 1. The van der Waals surface area contributed by atoms with E-state index in [1.54, 1.807) is 12.0 Å². The Labute approximate surface area is 207 Å². The lowest BCUT2D eigenvalue weighted by Crippen LogP contribution is -2.46. The van der Waals surface area contributed by atoms with Gasteiger partial charge in [0, 0.05) is 13.1 Å². The predicted octanol–water partition coefficient (Wildman–Crippen LogP) is 3.49. The van der Waals surface area contributed by atoms with E-state index in [9.17, 15) is 14.4 Å². The maximum Gasteiger partial charge on any atom is 0.242 e. The van der Waals surface area contributed by atoms with E-state index >= 15 is 0 Å². The largest absolute Gasteiger partial charge is 0.497 e. The molecule has 0 bridgehead atoms. The first-order valence-corrected chi connectivity index (χ1v) is 12.6. The molecule has 7 heteroatoms. The van der Waals surface area contributed by atoms with Gasteiger partial charge in [-0.2, -0.15) is 0 Å². The third kappa shape index (κ3) is 6.02. The minimum absolute atomic E-state index is 0.0565. The minimum Gasteiger partial charge on any atom is -0.497 e. The monoisotopic (exact) mass is 477 g/mol. The summed E-state index contributed by atoms with van der Waals surface area (Å²) in [5.41, 5.74) is 1.30. The SMILES string of the molecule is COc1ccc(C2(C(=O)NCC(=O)N3CCCCCCNC(=O)CC3c3ccccc3)CC2)cc1. The van der Waals surface area contributed by atoms with Crippen molar-refractivity contribution in [2.45, 2.75) is 56.4 Å². The lowest BCUT2D eigenvalue weighted by molar-refractivity contribution is -0.136. The molecule has 1 aliphatic heterocycles. The van der Waals surface area contributed by atoms with Gasteiger partial charge >= 0.3 is 0 Å². The van der Waals surface area contributed by atoms with Gasteiger partial charge in [0.25, 0.3) is 0 Å². The Hall–Kier alpha value is -3.35. The number of benzene rings is 2. The molecule has 1 saturated heterocycles. The summed E-state index contributed by atoms with van der Waals surface area (Å²) in [5.74, 6) is 0.405. The fraction of sp³-hybridized carbons (Fsp3) is 0.464. The van der Waals surface area contributed by atoms with E-state index in [-0.39, 0.29) is 36.7 Å². The van der Waals surface area contributed by atoms with Gasteiger partial charge in [0.05, 0.1) is 31.5 Å². The number of rotatable bonds is 6. The van der Waals surface area contributed by atoms with Crippen LogP contribution in [0, 0.1) is 0 Å². The summed E-state index contributed by atoms with van der Waals surface area (Å²) in [5, 5.41) is 5.90. The molecule has 0 radical (unpaired) electrons. The summed E-state index contributed by atoms with van der Waals surface area (Å²) in [4.78, 5) is 41.1. The van der Waals surface area contributed by atoms with Crippen LogP contribution in [-0.2, 0) is 19.8 Å². The molecule has 3 amide bonds. The highest BCUT2D eigenvalue weighted by atomic mass is 16.5. The maximum absolute atomic E-state index is 13.5. The molecule has 1 saturated carbocycles. The molecule has 1 aliphatic carbocycles. The van der Waals surface area contributed by atoms with E-state index in [2.05, 4.69) is 10.6 Å². The van der Waals surface area contributed by atoms with Gasteiger partial charge < -0.3 is 20.3 Å². The Bertz CT molecular complexity index is 1020. The second-order valence-corrected chi connectivity index (χ2v) is 9.48. The Morgan fingerprint density at radius 2 is 1.74 bits per heavy atom. The second-order valence-electron chi connectivity index (χ2n) is 9.48. The number of amides is 3. The number of hydrogen-bond donors (Lipinski definition) is 2. The van der Waals surface area contributed by atoms with Crippen molar-refractivity contribution in [3.63, 3.8) is 0 Å². The fourth-order valence-corrected chi connectivity index (χ4v) is 4.88. The Kier molecular flexibility index (Phi) is 8.06. The zero-order chi connectivity index (χ0) is 24.7. The Morgan fingerprint density at radius 3 is 2.43 bits per heavy atom. The smallest absolute Gasteiger partial charge is 0.242 e. The summed E-state index contributed by atoms with van der Waals surface area (Å²) < 4.78 is 5.23. The van der Waals surface area contributed by atoms with Crippen molar-refractivity contribution in [2.75, 3.05) is 26.7 Å². The zero-order valence-electron chi connectivity index (χ0n) is 20.4. The van der Waals surface area contributed by atoms with Gasteiger partial charge in [0.15, 0.2) is 0 Å². The van der Waals surface area contributed by atoms with Gasteiger partial charge in [-0.3, -0.25) is 14.4 Å². The van der Waals surface area contributed by atoms with Crippen molar-refractivity contribution in [1.82, 2.24) is 15.5 Å². The van der Waals surface area contributed by atoms with Crippen molar-refractivity contribution in [3.8, 4) is 5.75 Å². The summed E-state index contributed by atoms with van der Waals surface area (Å²) in [7, 11) is 1.61. The molecule has 2 aliphatic rings. The molecule has 2 aromatic rings. The molecular weight excluding hydrogens is 442 g/mol. The molecule has 2 aromatic carbocycles. The number of carbonyl (C=O) groups excluding carboxylic acids is 3. The van der Waals surface area contributed by atoms with Crippen molar-refractivity contribution in [2.24, 2.45) is 0 Å². The molecule has 4 rings (SSSR count). The lowest BCUT2D eigenvalue weighted by atomic mass is 9.95. The van der Waals surface area contributed by atoms with Gasteiger partial charge in [-0.1, -0.05) is 55.3 Å². The molecule has 0 spiro atoms. The zero-order valence-corrected chi connectivity index (χ0v) is 20.4. The van der Waals surface area contributed by atoms with Crippen LogP contribution in [0.5, 0.6) is 5.75 Å². The molecule has 2 fully saturated rings. The third-order valence-corrected chi connectivity index (χ3v) is 7.14. The van der Waals surface area contributed by atoms with E-state index in [1.165, 1.54) is 0 Å². The van der Waals surface area contributed by atoms with Crippen LogP contribution in [0.2, 0.25) is 0 Å². The minimum atomic E-state index is -0.575. The molecule has 7 nitrogen and oxygen atoms in total. The summed E-state index contributed by atoms with van der Waals surface area (Å²) in [6, 6.07) is 16.9. The Balaban J connectivity index is 1.48. The first-order chi connectivity index (χ1) is 17.0. The highest BCUT2D eigenvalue weighted by Gasteiger charge is 2.51. The van der Waals surface area contributed by atoms with Gasteiger partial charge in [-0.15, -0.1) is 0 Å². The quantitative estimate of drug-likeness (QED) is 0.667. The van der Waals surface area contributed by atoms with Crippen molar-refractivity contribution >= 4 is 17.7 Å². The molecule has 1 atom stereocenters. The van der Waals surface area contributed by atoms with Crippen molar-refractivity contribution in [3.05, 3.63) is 65.7 Å². The number of nitrogens with one attached hydrogen (secondary N) is 2. The van der Waals surface area contributed by atoms with Gasteiger partial charge in [-0.05, 0) is 48.9 Å². The Morgan fingerprint density at radius 1 is 1.03 bits per heavy atom. The average Bonchev–Trinajstić information content (AvgIpc) is 3.70. The normalized spacial score (nSPS) is 20.2. The van der Waals surface area contributed by atoms with Crippen LogP contribution in [0.15, 0.2) is 54.6 Å². The standard InChI is InChI=1S/C28H35N3O4/c1-35-23-13-11-22(12-14-23)28(15-16-28)27(34)30-20-26(33)31-18-8-3-2-7-17-29-25(32)19-24(31)21-9-5-4-6-10-21/h4-6,9-14,24H,2-3,7-8,15-20H2,1H3,(H,29,32)(H,30,34). The molecule has 0 aromatic heterocycles. The van der Waals surface area contributed by atoms with Crippen LogP contribution in [0.4, 0.5) is 0 Å². The van der Waals surface area contributed by atoms with Crippen LogP contribution in [0.3, 0.4) is 0 Å². The predicted molar refractivity (Wildman–Crippen MR) is 134 cm³/mol. The number of ether oxygens (including phenoxy) is 1. The summed E-state index contributed by atoms with van der Waals surface area (Å²) in [6.07, 6.45) is 5.55. The highest BCUT2D eigenvalue weighted by Crippen LogP contribution is 2.48. The summed E-state index contributed by atoms with van der Waals surface area (Å²) >= 11 is 0. The first-order valence-electron chi connectivity index (χ1n) is 12.6. The van der Waals surface area contributed by atoms with Gasteiger partial charge in [0.2, 0.25) is 17.7 Å². The van der Waals surface area contributed by atoms with Crippen LogP contribution in [0.1, 0.15) is 62.1 Å². The molecule has 2 N–H and O–H groups in total. The molecule has 35 heavy (non-hydrogen) atoms. The molecule has 1 heterocycles. The fourth-order valence-electron chi connectivity index (χ4n) is 4.88.